The highest BCUT2D eigenvalue weighted by molar-refractivity contribution is 7.92. The lowest BCUT2D eigenvalue weighted by Crippen LogP contribution is -2.31. The van der Waals surface area contributed by atoms with E-state index in [0.717, 1.165) is 36.0 Å². The molecule has 8 heteroatoms. The first-order valence-electron chi connectivity index (χ1n) is 8.74. The minimum Gasteiger partial charge on any atom is -0.340 e. The van der Waals surface area contributed by atoms with Crippen molar-refractivity contribution < 1.29 is 13.2 Å². The Morgan fingerprint density at radius 1 is 1.22 bits per heavy atom. The van der Waals surface area contributed by atoms with E-state index in [2.05, 4.69) is 14.7 Å². The standard InChI is InChI=1S/C19H20N4O3S/c1-27(25,26)22-14-7-4-6-13(12-14)19(24)23-11-5-10-17(23)18-20-15-8-2-3-9-16(15)21-18/h2-4,6-9,12,17,22H,5,10-11H2,1H3,(H,20,21)/t17-/m1/s1. The van der Waals surface area contributed by atoms with Gasteiger partial charge < -0.3 is 9.88 Å². The smallest absolute Gasteiger partial charge is 0.254 e. The van der Waals surface area contributed by atoms with Gasteiger partial charge in [0.05, 0.1) is 23.3 Å². The largest absolute Gasteiger partial charge is 0.340 e. The molecule has 0 unspecified atom stereocenters. The number of H-pyrrole nitrogens is 1. The predicted molar refractivity (Wildman–Crippen MR) is 104 cm³/mol. The van der Waals surface area contributed by atoms with E-state index in [0.29, 0.717) is 17.8 Å². The summed E-state index contributed by atoms with van der Waals surface area (Å²) >= 11 is 0. The van der Waals surface area contributed by atoms with Crippen molar-refractivity contribution in [1.82, 2.24) is 14.9 Å². The van der Waals surface area contributed by atoms with Crippen LogP contribution in [-0.2, 0) is 10.0 Å². The number of hydrogen-bond donors (Lipinski definition) is 2. The number of anilines is 1. The van der Waals surface area contributed by atoms with Crippen LogP contribution in [0.4, 0.5) is 5.69 Å². The Balaban J connectivity index is 1.62. The molecule has 0 saturated carbocycles. The van der Waals surface area contributed by atoms with Gasteiger partial charge in [-0.25, -0.2) is 13.4 Å². The molecule has 0 bridgehead atoms. The lowest BCUT2D eigenvalue weighted by molar-refractivity contribution is 0.0730. The van der Waals surface area contributed by atoms with Gasteiger partial charge in [0.2, 0.25) is 10.0 Å². The third-order valence-electron chi connectivity index (χ3n) is 4.65. The Morgan fingerprint density at radius 3 is 2.81 bits per heavy atom. The number of carbonyl (C=O) groups is 1. The summed E-state index contributed by atoms with van der Waals surface area (Å²) < 4.78 is 25.3. The maximum Gasteiger partial charge on any atom is 0.254 e. The number of nitrogens with one attached hydrogen (secondary N) is 2. The number of sulfonamides is 1. The highest BCUT2D eigenvalue weighted by Crippen LogP contribution is 2.33. The second-order valence-corrected chi connectivity index (χ2v) is 8.50. The van der Waals surface area contributed by atoms with Crippen molar-refractivity contribution >= 4 is 32.7 Å². The van der Waals surface area contributed by atoms with Crippen LogP contribution in [0.1, 0.15) is 35.1 Å². The predicted octanol–water partition coefficient (Wildman–Crippen LogP) is 2.91. The minimum absolute atomic E-state index is 0.114. The summed E-state index contributed by atoms with van der Waals surface area (Å²) in [6.07, 6.45) is 2.82. The van der Waals surface area contributed by atoms with E-state index >= 15 is 0 Å². The van der Waals surface area contributed by atoms with E-state index in [1.165, 1.54) is 0 Å². The number of benzene rings is 2. The molecule has 1 atom stereocenters. The third kappa shape index (κ3) is 3.66. The summed E-state index contributed by atoms with van der Waals surface area (Å²) in [5, 5.41) is 0. The van der Waals surface area contributed by atoms with Crippen LogP contribution in [0.2, 0.25) is 0 Å². The Labute approximate surface area is 157 Å². The third-order valence-corrected chi connectivity index (χ3v) is 5.26. The normalized spacial score (nSPS) is 17.4. The van der Waals surface area contributed by atoms with Gasteiger partial charge in [-0.05, 0) is 43.2 Å². The molecule has 140 valence electrons. The monoisotopic (exact) mass is 384 g/mol. The first-order valence-corrected chi connectivity index (χ1v) is 10.6. The van der Waals surface area contributed by atoms with Crippen molar-refractivity contribution in [3.8, 4) is 0 Å². The molecular formula is C19H20N4O3S. The number of carbonyl (C=O) groups excluding carboxylic acids is 1. The van der Waals surface area contributed by atoms with Gasteiger partial charge in [0, 0.05) is 17.8 Å². The van der Waals surface area contributed by atoms with E-state index in [1.807, 2.05) is 24.3 Å². The van der Waals surface area contributed by atoms with Crippen molar-refractivity contribution in [3.05, 3.63) is 59.9 Å². The van der Waals surface area contributed by atoms with Crippen molar-refractivity contribution in [2.45, 2.75) is 18.9 Å². The zero-order chi connectivity index (χ0) is 19.0. The first kappa shape index (κ1) is 17.5. The van der Waals surface area contributed by atoms with Crippen LogP contribution in [0, 0.1) is 0 Å². The van der Waals surface area contributed by atoms with Gasteiger partial charge in [0.25, 0.3) is 5.91 Å². The zero-order valence-corrected chi connectivity index (χ0v) is 15.7. The number of hydrogen-bond acceptors (Lipinski definition) is 4. The maximum absolute atomic E-state index is 13.1. The summed E-state index contributed by atoms with van der Waals surface area (Å²) in [7, 11) is -3.40. The van der Waals surface area contributed by atoms with E-state index < -0.39 is 10.0 Å². The van der Waals surface area contributed by atoms with Crippen LogP contribution < -0.4 is 4.72 Å². The highest BCUT2D eigenvalue weighted by atomic mass is 32.2. The van der Waals surface area contributed by atoms with Gasteiger partial charge in [-0.15, -0.1) is 0 Å². The van der Waals surface area contributed by atoms with Gasteiger partial charge >= 0.3 is 0 Å². The van der Waals surface area contributed by atoms with Gasteiger partial charge in [0.1, 0.15) is 5.82 Å². The summed E-state index contributed by atoms with van der Waals surface area (Å²) in [4.78, 5) is 22.8. The molecule has 27 heavy (non-hydrogen) atoms. The van der Waals surface area contributed by atoms with Crippen molar-refractivity contribution in [3.63, 3.8) is 0 Å². The van der Waals surface area contributed by atoms with Crippen LogP contribution >= 0.6 is 0 Å². The topological polar surface area (TPSA) is 95.2 Å². The maximum atomic E-state index is 13.1. The molecular weight excluding hydrogens is 364 g/mol. The van der Waals surface area contributed by atoms with Gasteiger partial charge in [-0.1, -0.05) is 18.2 Å². The number of amides is 1. The van der Waals surface area contributed by atoms with Crippen molar-refractivity contribution in [1.29, 1.82) is 0 Å². The Bertz CT molecular complexity index is 1070. The van der Waals surface area contributed by atoms with Gasteiger partial charge in [-0.3, -0.25) is 9.52 Å². The van der Waals surface area contributed by atoms with E-state index in [1.54, 1.807) is 29.2 Å². The van der Waals surface area contributed by atoms with Crippen LogP contribution in [0.5, 0.6) is 0 Å². The number of aromatic nitrogens is 2. The molecule has 1 aliphatic rings. The highest BCUT2D eigenvalue weighted by Gasteiger charge is 2.32. The Hall–Kier alpha value is -2.87. The van der Waals surface area contributed by atoms with Crippen LogP contribution in [-0.4, -0.2) is 42.0 Å². The second kappa shape index (κ2) is 6.70. The van der Waals surface area contributed by atoms with Gasteiger partial charge in [0.15, 0.2) is 0 Å². The molecule has 0 radical (unpaired) electrons. The number of para-hydroxylation sites is 2. The molecule has 1 aliphatic heterocycles. The van der Waals surface area contributed by atoms with E-state index in [-0.39, 0.29) is 11.9 Å². The zero-order valence-electron chi connectivity index (χ0n) is 14.8. The Morgan fingerprint density at radius 2 is 2.04 bits per heavy atom. The summed E-state index contributed by atoms with van der Waals surface area (Å²) in [6, 6.07) is 14.2. The Kier molecular flexibility index (Phi) is 4.35. The molecule has 2 heterocycles. The quantitative estimate of drug-likeness (QED) is 0.723. The number of likely N-dealkylation sites (tertiary alicyclic amines) is 1. The molecule has 2 aromatic carbocycles. The number of rotatable bonds is 4. The lowest BCUT2D eigenvalue weighted by atomic mass is 10.1. The van der Waals surface area contributed by atoms with Crippen LogP contribution in [0.15, 0.2) is 48.5 Å². The van der Waals surface area contributed by atoms with E-state index in [9.17, 15) is 13.2 Å². The number of nitrogens with zero attached hydrogens (tertiary/aromatic N) is 2. The fraction of sp³-hybridized carbons (Fsp3) is 0.263. The minimum atomic E-state index is -3.40. The fourth-order valence-electron chi connectivity index (χ4n) is 3.52. The van der Waals surface area contributed by atoms with Crippen molar-refractivity contribution in [2.24, 2.45) is 0 Å². The van der Waals surface area contributed by atoms with Crippen molar-refractivity contribution in [2.75, 3.05) is 17.5 Å². The molecule has 1 fully saturated rings. The summed E-state index contributed by atoms with van der Waals surface area (Å²) in [6.45, 7) is 0.643. The molecule has 3 aromatic rings. The average Bonchev–Trinajstić information content (AvgIpc) is 3.26. The second-order valence-electron chi connectivity index (χ2n) is 6.75. The SMILES string of the molecule is CS(=O)(=O)Nc1cccc(C(=O)N2CCC[C@@H]2c2nc3ccccc3[nH]2)c1. The molecule has 0 spiro atoms. The van der Waals surface area contributed by atoms with E-state index in [4.69, 9.17) is 0 Å². The molecule has 7 nitrogen and oxygen atoms in total. The summed E-state index contributed by atoms with van der Waals surface area (Å²) in [5.74, 6) is 0.655. The number of imidazole rings is 1. The number of aromatic amines is 1. The molecule has 1 aromatic heterocycles. The molecule has 2 N–H and O–H groups in total. The molecule has 1 saturated heterocycles. The van der Waals surface area contributed by atoms with Crippen LogP contribution in [0.25, 0.3) is 11.0 Å². The fourth-order valence-corrected chi connectivity index (χ4v) is 4.08. The number of fused-ring (bicyclic) bond motifs is 1. The molecule has 0 aliphatic carbocycles. The van der Waals surface area contributed by atoms with Gasteiger partial charge in [-0.2, -0.15) is 0 Å². The molecule has 1 amide bonds. The first-order chi connectivity index (χ1) is 12.9. The lowest BCUT2D eigenvalue weighted by Gasteiger charge is -2.23. The van der Waals surface area contributed by atoms with Crippen LogP contribution in [0.3, 0.4) is 0 Å². The summed E-state index contributed by atoms with van der Waals surface area (Å²) in [5.41, 5.74) is 2.66. The average molecular weight is 384 g/mol. The molecule has 4 rings (SSSR count).